The Morgan fingerprint density at radius 3 is 1.81 bits per heavy atom. The van der Waals surface area contributed by atoms with Gasteiger partial charge in [0.15, 0.2) is 0 Å². The molecule has 0 fully saturated rings. The summed E-state index contributed by atoms with van der Waals surface area (Å²) < 4.78 is 13.0. The van der Waals surface area contributed by atoms with Crippen molar-refractivity contribution in [2.24, 2.45) is 0 Å². The van der Waals surface area contributed by atoms with E-state index in [1.807, 2.05) is 12.1 Å². The van der Waals surface area contributed by atoms with E-state index in [0.717, 1.165) is 67.2 Å². The highest BCUT2D eigenvalue weighted by molar-refractivity contribution is 6.06. The summed E-state index contributed by atoms with van der Waals surface area (Å²) in [5.41, 5.74) is 14.2. The standard InChI is InChI=1S/C49H31NO2/c1-2-14-34(15-3-1)50(35-16-12-13-32(29-35)33-25-28-46-40(30-33)39-19-6-10-23-45(39)51-46)36-26-27-44-48(31-36)52-47-24-11-9-22-43(47)49(44)41-20-7-4-17-37(41)38-18-5-8-21-42(38)49/h1-31H. The molecule has 1 spiro atoms. The van der Waals surface area contributed by atoms with Crippen LogP contribution in [0.3, 0.4) is 0 Å². The molecule has 0 radical (unpaired) electrons. The van der Waals surface area contributed by atoms with Crippen molar-refractivity contribution in [3.8, 4) is 33.8 Å². The third-order valence-corrected chi connectivity index (χ3v) is 10.9. The zero-order chi connectivity index (χ0) is 34.2. The van der Waals surface area contributed by atoms with Crippen LogP contribution < -0.4 is 9.64 Å². The smallest absolute Gasteiger partial charge is 0.135 e. The molecule has 2 heterocycles. The molecule has 0 saturated heterocycles. The maximum atomic E-state index is 6.88. The molecular formula is C49H31NO2. The number of ether oxygens (including phenoxy) is 1. The maximum Gasteiger partial charge on any atom is 0.135 e. The topological polar surface area (TPSA) is 25.6 Å². The van der Waals surface area contributed by atoms with E-state index < -0.39 is 5.41 Å². The lowest BCUT2D eigenvalue weighted by atomic mass is 9.66. The van der Waals surface area contributed by atoms with E-state index >= 15 is 0 Å². The van der Waals surface area contributed by atoms with Gasteiger partial charge in [0.05, 0.1) is 5.41 Å². The molecule has 9 aromatic rings. The highest BCUT2D eigenvalue weighted by Gasteiger charge is 2.51. The fourth-order valence-corrected chi connectivity index (χ4v) is 8.74. The summed E-state index contributed by atoms with van der Waals surface area (Å²) >= 11 is 0. The lowest BCUT2D eigenvalue weighted by Gasteiger charge is -2.40. The van der Waals surface area contributed by atoms with Gasteiger partial charge in [-0.2, -0.15) is 0 Å². The summed E-state index contributed by atoms with van der Waals surface area (Å²) in [6.07, 6.45) is 0. The molecule has 0 atom stereocenters. The number of rotatable bonds is 4. The summed E-state index contributed by atoms with van der Waals surface area (Å²) in [7, 11) is 0. The minimum absolute atomic E-state index is 0.497. The normalized spacial score (nSPS) is 13.3. The molecular weight excluding hydrogens is 635 g/mol. The fourth-order valence-electron chi connectivity index (χ4n) is 8.74. The van der Waals surface area contributed by atoms with Crippen LogP contribution in [-0.2, 0) is 5.41 Å². The molecule has 2 aliphatic rings. The van der Waals surface area contributed by atoms with E-state index in [1.165, 1.54) is 27.8 Å². The molecule has 1 aromatic heterocycles. The number of benzene rings is 8. The molecule has 0 bridgehead atoms. The number of furan rings is 1. The molecule has 244 valence electrons. The van der Waals surface area contributed by atoms with Crippen LogP contribution in [0.4, 0.5) is 17.1 Å². The largest absolute Gasteiger partial charge is 0.457 e. The Bertz CT molecular complexity index is 2800. The maximum absolute atomic E-state index is 6.88. The van der Waals surface area contributed by atoms with Gasteiger partial charge in [0, 0.05) is 45.0 Å². The van der Waals surface area contributed by atoms with Crippen LogP contribution in [0.1, 0.15) is 22.3 Å². The lowest BCUT2D eigenvalue weighted by molar-refractivity contribution is 0.436. The van der Waals surface area contributed by atoms with Crippen molar-refractivity contribution in [2.45, 2.75) is 5.41 Å². The van der Waals surface area contributed by atoms with Crippen LogP contribution >= 0.6 is 0 Å². The number of nitrogens with zero attached hydrogens (tertiary/aromatic N) is 1. The van der Waals surface area contributed by atoms with Gasteiger partial charge >= 0.3 is 0 Å². The van der Waals surface area contributed by atoms with Crippen molar-refractivity contribution < 1.29 is 9.15 Å². The number of hydrogen-bond acceptors (Lipinski definition) is 3. The summed E-state index contributed by atoms with van der Waals surface area (Å²) in [6.45, 7) is 0. The monoisotopic (exact) mass is 665 g/mol. The van der Waals surface area contributed by atoms with Crippen molar-refractivity contribution >= 4 is 39.0 Å². The van der Waals surface area contributed by atoms with Gasteiger partial charge in [-0.25, -0.2) is 0 Å². The van der Waals surface area contributed by atoms with E-state index in [1.54, 1.807) is 0 Å². The van der Waals surface area contributed by atoms with Gasteiger partial charge in [-0.15, -0.1) is 0 Å². The Hall–Kier alpha value is -6.84. The van der Waals surface area contributed by atoms with Gasteiger partial charge in [0.2, 0.25) is 0 Å². The van der Waals surface area contributed by atoms with E-state index in [0.29, 0.717) is 0 Å². The first kappa shape index (κ1) is 28.9. The average Bonchev–Trinajstić information content (AvgIpc) is 3.72. The first-order valence-corrected chi connectivity index (χ1v) is 17.8. The number of fused-ring (bicyclic) bond motifs is 12. The van der Waals surface area contributed by atoms with Gasteiger partial charge in [-0.1, -0.05) is 127 Å². The van der Waals surface area contributed by atoms with E-state index in [9.17, 15) is 0 Å². The lowest BCUT2D eigenvalue weighted by Crippen LogP contribution is -2.32. The van der Waals surface area contributed by atoms with Gasteiger partial charge in [0.1, 0.15) is 22.7 Å². The second kappa shape index (κ2) is 11.1. The summed E-state index contributed by atoms with van der Waals surface area (Å²) in [6, 6.07) is 67.1. The van der Waals surface area contributed by atoms with Gasteiger partial charge < -0.3 is 14.1 Å². The van der Waals surface area contributed by atoms with Gasteiger partial charge in [-0.05, 0) is 88.0 Å². The molecule has 3 heteroatoms. The predicted molar refractivity (Wildman–Crippen MR) is 211 cm³/mol. The van der Waals surface area contributed by atoms with Crippen LogP contribution in [0.5, 0.6) is 11.5 Å². The van der Waals surface area contributed by atoms with E-state index in [2.05, 4.69) is 181 Å². The number of hydrogen-bond donors (Lipinski definition) is 0. The summed E-state index contributed by atoms with van der Waals surface area (Å²) in [4.78, 5) is 2.32. The Labute approximate surface area is 301 Å². The van der Waals surface area contributed by atoms with Crippen LogP contribution in [0.15, 0.2) is 192 Å². The second-order valence-corrected chi connectivity index (χ2v) is 13.7. The Kier molecular flexibility index (Phi) is 6.17. The minimum Gasteiger partial charge on any atom is -0.457 e. The fraction of sp³-hybridized carbons (Fsp3) is 0.0204. The van der Waals surface area contributed by atoms with Gasteiger partial charge in [-0.3, -0.25) is 0 Å². The van der Waals surface area contributed by atoms with Crippen molar-refractivity contribution in [2.75, 3.05) is 4.90 Å². The zero-order valence-corrected chi connectivity index (χ0v) is 28.2. The van der Waals surface area contributed by atoms with Crippen LogP contribution in [0.25, 0.3) is 44.2 Å². The zero-order valence-electron chi connectivity index (χ0n) is 28.2. The molecule has 1 aliphatic carbocycles. The molecule has 11 rings (SSSR count). The highest BCUT2D eigenvalue weighted by Crippen LogP contribution is 2.62. The molecule has 1 aliphatic heterocycles. The summed E-state index contributed by atoms with van der Waals surface area (Å²) in [5.74, 6) is 1.74. The Morgan fingerprint density at radius 2 is 0.981 bits per heavy atom. The second-order valence-electron chi connectivity index (χ2n) is 13.7. The molecule has 3 nitrogen and oxygen atoms in total. The minimum atomic E-state index is -0.497. The third kappa shape index (κ3) is 4.08. The van der Waals surface area contributed by atoms with Crippen LogP contribution in [0.2, 0.25) is 0 Å². The number of anilines is 3. The Balaban J connectivity index is 1.09. The van der Waals surface area contributed by atoms with Crippen molar-refractivity contribution in [3.63, 3.8) is 0 Å². The Morgan fingerprint density at radius 1 is 0.365 bits per heavy atom. The first-order chi connectivity index (χ1) is 25.8. The molecule has 0 unspecified atom stereocenters. The molecule has 52 heavy (non-hydrogen) atoms. The van der Waals surface area contributed by atoms with Crippen molar-refractivity contribution in [3.05, 3.63) is 210 Å². The first-order valence-electron chi connectivity index (χ1n) is 17.8. The highest BCUT2D eigenvalue weighted by atomic mass is 16.5. The van der Waals surface area contributed by atoms with Crippen molar-refractivity contribution in [1.29, 1.82) is 0 Å². The average molecular weight is 666 g/mol. The molecule has 0 saturated carbocycles. The SMILES string of the molecule is c1ccc(N(c2cccc(-c3ccc4oc5ccccc5c4c3)c2)c2ccc3c(c2)Oc2ccccc2C32c3ccccc3-c3ccccc32)cc1. The number of para-hydroxylation sites is 3. The molecule has 8 aromatic carbocycles. The van der Waals surface area contributed by atoms with Crippen LogP contribution in [-0.4, -0.2) is 0 Å². The van der Waals surface area contributed by atoms with E-state index in [-0.39, 0.29) is 0 Å². The summed E-state index contributed by atoms with van der Waals surface area (Å²) in [5, 5.41) is 2.25. The molecule has 0 N–H and O–H groups in total. The third-order valence-electron chi connectivity index (χ3n) is 10.9. The quantitative estimate of drug-likeness (QED) is 0.187. The van der Waals surface area contributed by atoms with Crippen molar-refractivity contribution in [1.82, 2.24) is 0 Å². The van der Waals surface area contributed by atoms with E-state index in [4.69, 9.17) is 9.15 Å². The van der Waals surface area contributed by atoms with Crippen LogP contribution in [0, 0.1) is 0 Å². The van der Waals surface area contributed by atoms with Gasteiger partial charge in [0.25, 0.3) is 0 Å². The predicted octanol–water partition coefficient (Wildman–Crippen LogP) is 13.2. The molecule has 0 amide bonds.